The van der Waals surface area contributed by atoms with Crippen LogP contribution in [0.25, 0.3) is 0 Å². The standard InChI is InChI=1S/C17H17N3O/c1-12-15(17(21)19-2)7-4-8-16(12)20-11-14-6-3-5-13(9-14)10-18/h3-9,20H,11H2,1-2H3,(H,19,21). The number of amides is 1. The first-order valence-electron chi connectivity index (χ1n) is 6.70. The second-order valence-electron chi connectivity index (χ2n) is 4.72. The average molecular weight is 279 g/mol. The van der Waals surface area contributed by atoms with E-state index in [9.17, 15) is 4.79 Å². The number of nitriles is 1. The lowest BCUT2D eigenvalue weighted by atomic mass is 10.1. The van der Waals surface area contributed by atoms with Crippen LogP contribution in [-0.2, 0) is 6.54 Å². The van der Waals surface area contributed by atoms with Crippen molar-refractivity contribution >= 4 is 11.6 Å². The third kappa shape index (κ3) is 3.40. The van der Waals surface area contributed by atoms with Crippen LogP contribution in [0.15, 0.2) is 42.5 Å². The van der Waals surface area contributed by atoms with Gasteiger partial charge in [0.15, 0.2) is 0 Å². The van der Waals surface area contributed by atoms with Gasteiger partial charge in [-0.2, -0.15) is 5.26 Å². The first kappa shape index (κ1) is 14.6. The van der Waals surface area contributed by atoms with Crippen molar-refractivity contribution < 1.29 is 4.79 Å². The molecule has 0 spiro atoms. The third-order valence-electron chi connectivity index (χ3n) is 3.34. The lowest BCUT2D eigenvalue weighted by Crippen LogP contribution is -2.19. The number of carbonyl (C=O) groups is 1. The van der Waals surface area contributed by atoms with Crippen molar-refractivity contribution in [2.24, 2.45) is 0 Å². The van der Waals surface area contributed by atoms with E-state index in [0.29, 0.717) is 17.7 Å². The molecule has 0 aliphatic heterocycles. The maximum Gasteiger partial charge on any atom is 0.251 e. The van der Waals surface area contributed by atoms with Gasteiger partial charge in [-0.15, -0.1) is 0 Å². The van der Waals surface area contributed by atoms with E-state index in [1.807, 2.05) is 37.3 Å². The Bertz CT molecular complexity index is 701. The van der Waals surface area contributed by atoms with Gasteiger partial charge in [0.25, 0.3) is 5.91 Å². The third-order valence-corrected chi connectivity index (χ3v) is 3.34. The zero-order valence-electron chi connectivity index (χ0n) is 12.1. The summed E-state index contributed by atoms with van der Waals surface area (Å²) >= 11 is 0. The summed E-state index contributed by atoms with van der Waals surface area (Å²) in [6.45, 7) is 2.52. The summed E-state index contributed by atoms with van der Waals surface area (Å²) in [4.78, 5) is 11.8. The van der Waals surface area contributed by atoms with E-state index in [1.165, 1.54) is 0 Å². The van der Waals surface area contributed by atoms with Crippen LogP contribution in [0, 0.1) is 18.3 Å². The highest BCUT2D eigenvalue weighted by Crippen LogP contribution is 2.20. The van der Waals surface area contributed by atoms with Crippen molar-refractivity contribution in [1.29, 1.82) is 5.26 Å². The minimum Gasteiger partial charge on any atom is -0.381 e. The van der Waals surface area contributed by atoms with Crippen molar-refractivity contribution in [3.63, 3.8) is 0 Å². The molecule has 0 aromatic heterocycles. The van der Waals surface area contributed by atoms with Gasteiger partial charge < -0.3 is 10.6 Å². The molecule has 2 rings (SSSR count). The molecule has 0 unspecified atom stereocenters. The zero-order chi connectivity index (χ0) is 15.2. The second kappa shape index (κ2) is 6.58. The number of hydrogen-bond acceptors (Lipinski definition) is 3. The van der Waals surface area contributed by atoms with Crippen LogP contribution in [0.2, 0.25) is 0 Å². The Hall–Kier alpha value is -2.80. The number of carbonyl (C=O) groups excluding carboxylic acids is 1. The van der Waals surface area contributed by atoms with Crippen LogP contribution < -0.4 is 10.6 Å². The Labute approximate surface area is 124 Å². The van der Waals surface area contributed by atoms with Crippen LogP contribution in [0.3, 0.4) is 0 Å². The fourth-order valence-corrected chi connectivity index (χ4v) is 2.16. The van der Waals surface area contributed by atoms with Crippen LogP contribution in [0.5, 0.6) is 0 Å². The predicted octanol–water partition coefficient (Wildman–Crippen LogP) is 2.84. The van der Waals surface area contributed by atoms with Gasteiger partial charge in [-0.3, -0.25) is 4.79 Å². The van der Waals surface area contributed by atoms with Gasteiger partial charge in [-0.1, -0.05) is 18.2 Å². The van der Waals surface area contributed by atoms with Gasteiger partial charge in [-0.05, 0) is 42.3 Å². The Kier molecular flexibility index (Phi) is 4.57. The Morgan fingerprint density at radius 2 is 2.00 bits per heavy atom. The molecule has 2 aromatic rings. The van der Waals surface area contributed by atoms with E-state index >= 15 is 0 Å². The Balaban J connectivity index is 2.17. The smallest absolute Gasteiger partial charge is 0.251 e. The normalized spacial score (nSPS) is 9.76. The molecule has 4 nitrogen and oxygen atoms in total. The van der Waals surface area contributed by atoms with E-state index in [-0.39, 0.29) is 5.91 Å². The Morgan fingerprint density at radius 1 is 1.24 bits per heavy atom. The fourth-order valence-electron chi connectivity index (χ4n) is 2.16. The number of rotatable bonds is 4. The van der Waals surface area contributed by atoms with Gasteiger partial charge in [0.2, 0.25) is 0 Å². The van der Waals surface area contributed by atoms with E-state index in [0.717, 1.165) is 16.8 Å². The van der Waals surface area contributed by atoms with Gasteiger partial charge >= 0.3 is 0 Å². The maximum atomic E-state index is 11.8. The van der Waals surface area contributed by atoms with Gasteiger partial charge in [0.1, 0.15) is 0 Å². The lowest BCUT2D eigenvalue weighted by Gasteiger charge is -2.12. The van der Waals surface area contributed by atoms with Crippen LogP contribution in [-0.4, -0.2) is 13.0 Å². The number of nitrogens with one attached hydrogen (secondary N) is 2. The molecule has 0 fully saturated rings. The molecule has 0 atom stereocenters. The molecule has 1 amide bonds. The molecule has 21 heavy (non-hydrogen) atoms. The quantitative estimate of drug-likeness (QED) is 0.904. The van der Waals surface area contributed by atoms with E-state index < -0.39 is 0 Å². The molecule has 0 heterocycles. The molecule has 4 heteroatoms. The molecule has 0 saturated heterocycles. The summed E-state index contributed by atoms with van der Waals surface area (Å²) in [6.07, 6.45) is 0. The Morgan fingerprint density at radius 3 is 2.71 bits per heavy atom. The van der Waals surface area contributed by atoms with E-state index in [4.69, 9.17) is 5.26 Å². The average Bonchev–Trinajstić information content (AvgIpc) is 2.53. The lowest BCUT2D eigenvalue weighted by molar-refractivity contribution is 0.0962. The topological polar surface area (TPSA) is 64.9 Å². The van der Waals surface area contributed by atoms with Gasteiger partial charge in [0, 0.05) is 24.8 Å². The van der Waals surface area contributed by atoms with Crippen molar-refractivity contribution in [2.75, 3.05) is 12.4 Å². The molecule has 0 aliphatic carbocycles. The van der Waals surface area contributed by atoms with Gasteiger partial charge in [0.05, 0.1) is 11.6 Å². The summed E-state index contributed by atoms with van der Waals surface area (Å²) < 4.78 is 0. The first-order valence-corrected chi connectivity index (χ1v) is 6.70. The molecule has 0 saturated carbocycles. The minimum atomic E-state index is -0.0948. The van der Waals surface area contributed by atoms with Crippen LogP contribution >= 0.6 is 0 Å². The van der Waals surface area contributed by atoms with Crippen molar-refractivity contribution in [2.45, 2.75) is 13.5 Å². The number of hydrogen-bond donors (Lipinski definition) is 2. The molecule has 2 aromatic carbocycles. The molecule has 0 aliphatic rings. The summed E-state index contributed by atoms with van der Waals surface area (Å²) in [5, 5.41) is 14.8. The predicted molar refractivity (Wildman–Crippen MR) is 83.1 cm³/mol. The maximum absolute atomic E-state index is 11.8. The highest BCUT2D eigenvalue weighted by Gasteiger charge is 2.09. The van der Waals surface area contributed by atoms with Crippen molar-refractivity contribution in [1.82, 2.24) is 5.32 Å². The molecular formula is C17H17N3O. The molecule has 0 radical (unpaired) electrons. The van der Waals surface area contributed by atoms with Gasteiger partial charge in [-0.25, -0.2) is 0 Å². The number of nitrogens with zero attached hydrogens (tertiary/aromatic N) is 1. The van der Waals surface area contributed by atoms with Crippen molar-refractivity contribution in [3.8, 4) is 6.07 Å². The monoisotopic (exact) mass is 279 g/mol. The SMILES string of the molecule is CNC(=O)c1cccc(NCc2cccc(C#N)c2)c1C. The summed E-state index contributed by atoms with van der Waals surface area (Å²) in [6, 6.07) is 15.2. The van der Waals surface area contributed by atoms with Crippen molar-refractivity contribution in [3.05, 3.63) is 64.7 Å². The van der Waals surface area contributed by atoms with Crippen LogP contribution in [0.4, 0.5) is 5.69 Å². The number of anilines is 1. The largest absolute Gasteiger partial charge is 0.381 e. The molecule has 106 valence electrons. The molecule has 0 bridgehead atoms. The van der Waals surface area contributed by atoms with Crippen LogP contribution in [0.1, 0.15) is 27.0 Å². The highest BCUT2D eigenvalue weighted by atomic mass is 16.1. The first-order chi connectivity index (χ1) is 10.2. The molecular weight excluding hydrogens is 262 g/mol. The molecule has 2 N–H and O–H groups in total. The van der Waals surface area contributed by atoms with E-state index in [1.54, 1.807) is 19.2 Å². The number of benzene rings is 2. The van der Waals surface area contributed by atoms with E-state index in [2.05, 4.69) is 16.7 Å². The second-order valence-corrected chi connectivity index (χ2v) is 4.72. The zero-order valence-corrected chi connectivity index (χ0v) is 12.1. The summed E-state index contributed by atoms with van der Waals surface area (Å²) in [5.41, 5.74) is 4.16. The highest BCUT2D eigenvalue weighted by molar-refractivity contribution is 5.96. The summed E-state index contributed by atoms with van der Waals surface area (Å²) in [7, 11) is 1.62. The fraction of sp³-hybridized carbons (Fsp3) is 0.176. The minimum absolute atomic E-state index is 0.0948. The summed E-state index contributed by atoms with van der Waals surface area (Å²) in [5.74, 6) is -0.0948.